The third kappa shape index (κ3) is 1.57. The number of rotatable bonds is 1. The molecule has 0 radical (unpaired) electrons. The molecule has 110 valence electrons. The van der Waals surface area contributed by atoms with Crippen LogP contribution in [0.1, 0.15) is 33.6 Å². The summed E-state index contributed by atoms with van der Waals surface area (Å²) in [5, 5.41) is 1.59. The monoisotopic (exact) mass is 288 g/mol. The second kappa shape index (κ2) is 3.97. The average molecular weight is 289 g/mol. The number of carbonyl (C=O) groups excluding carboxylic acids is 1. The smallest absolute Gasteiger partial charge is 0.162 e. The summed E-state index contributed by atoms with van der Waals surface area (Å²) < 4.78 is 0. The van der Waals surface area contributed by atoms with Crippen LogP contribution in [0, 0.1) is 29.1 Å². The number of Topliss-reactive ketones (excluding diaryl/α,β-unsaturated/α-hetero) is 1. The molecule has 3 aliphatic carbocycles. The summed E-state index contributed by atoms with van der Waals surface area (Å²) in [4.78, 5) is 12.9. The molecular weight excluding hydrogens is 260 g/mol. The van der Waals surface area contributed by atoms with Gasteiger partial charge in [-0.05, 0) is 48.5 Å². The van der Waals surface area contributed by atoms with Crippen LogP contribution in [-0.4, -0.2) is 13.9 Å². The highest BCUT2D eigenvalue weighted by atomic mass is 28.3. The Hall–Kier alpha value is -0.633. The van der Waals surface area contributed by atoms with E-state index in [1.807, 2.05) is 0 Å². The van der Waals surface area contributed by atoms with E-state index in [4.69, 9.17) is 0 Å². The number of hydrogen-bond acceptors (Lipinski definition) is 1. The molecule has 3 rings (SSSR count). The van der Waals surface area contributed by atoms with Gasteiger partial charge in [-0.15, -0.1) is 0 Å². The topological polar surface area (TPSA) is 17.1 Å². The average Bonchev–Trinajstić information content (AvgIpc) is 2.58. The molecule has 0 heterocycles. The predicted octanol–water partition coefficient (Wildman–Crippen LogP) is 4.62. The van der Waals surface area contributed by atoms with Crippen molar-refractivity contribution in [2.24, 2.45) is 29.1 Å². The third-order valence-corrected chi connectivity index (χ3v) is 8.70. The van der Waals surface area contributed by atoms with Crippen LogP contribution in [0.3, 0.4) is 0 Å². The van der Waals surface area contributed by atoms with Crippen molar-refractivity contribution < 1.29 is 4.79 Å². The summed E-state index contributed by atoms with van der Waals surface area (Å²) in [5.41, 5.74) is 2.72. The van der Waals surface area contributed by atoms with Gasteiger partial charge in [0.15, 0.2) is 5.78 Å². The molecule has 0 spiro atoms. The minimum absolute atomic E-state index is 0.228. The normalized spacial score (nSPS) is 39.5. The fourth-order valence-electron chi connectivity index (χ4n) is 5.83. The summed E-state index contributed by atoms with van der Waals surface area (Å²) >= 11 is 0. The SMILES string of the molecule is C=C1CC[C@H]2[C@H]3C([Si](C)(C)C)=C(C)C(=O)[C@H]3[C@@H]1C2(C)C. The van der Waals surface area contributed by atoms with Crippen LogP contribution in [0.2, 0.25) is 19.6 Å². The van der Waals surface area contributed by atoms with Crippen LogP contribution in [0.5, 0.6) is 0 Å². The Labute approximate surface area is 124 Å². The predicted molar refractivity (Wildman–Crippen MR) is 87.2 cm³/mol. The van der Waals surface area contributed by atoms with Crippen molar-refractivity contribution in [2.45, 2.75) is 53.3 Å². The molecule has 0 aromatic rings. The molecule has 20 heavy (non-hydrogen) atoms. The van der Waals surface area contributed by atoms with Gasteiger partial charge >= 0.3 is 0 Å². The van der Waals surface area contributed by atoms with Gasteiger partial charge in [0.1, 0.15) is 0 Å². The first kappa shape index (κ1) is 14.3. The van der Waals surface area contributed by atoms with Crippen molar-refractivity contribution >= 4 is 13.9 Å². The molecule has 0 unspecified atom stereocenters. The van der Waals surface area contributed by atoms with E-state index < -0.39 is 8.07 Å². The quantitative estimate of drug-likeness (QED) is 0.508. The maximum absolute atomic E-state index is 12.9. The Morgan fingerprint density at radius 1 is 1.20 bits per heavy atom. The number of carbonyl (C=O) groups is 1. The van der Waals surface area contributed by atoms with Crippen LogP contribution >= 0.6 is 0 Å². The highest BCUT2D eigenvalue weighted by Gasteiger charge is 2.64. The molecule has 1 nitrogen and oxygen atoms in total. The number of hydrogen-bond donors (Lipinski definition) is 0. The van der Waals surface area contributed by atoms with E-state index in [1.165, 1.54) is 12.0 Å². The van der Waals surface area contributed by atoms with Crippen LogP contribution in [0.15, 0.2) is 22.9 Å². The molecular formula is C18H28OSi. The summed E-state index contributed by atoms with van der Waals surface area (Å²) in [6.07, 6.45) is 2.37. The molecule has 3 aliphatic rings. The highest BCUT2D eigenvalue weighted by molar-refractivity contribution is 6.83. The van der Waals surface area contributed by atoms with E-state index in [0.717, 1.165) is 12.0 Å². The lowest BCUT2D eigenvalue weighted by Gasteiger charge is -2.42. The van der Waals surface area contributed by atoms with Crippen LogP contribution in [0.4, 0.5) is 0 Å². The van der Waals surface area contributed by atoms with Gasteiger partial charge in [-0.1, -0.05) is 50.8 Å². The third-order valence-electron chi connectivity index (χ3n) is 6.37. The van der Waals surface area contributed by atoms with Crippen molar-refractivity contribution in [3.63, 3.8) is 0 Å². The van der Waals surface area contributed by atoms with Crippen molar-refractivity contribution in [1.82, 2.24) is 0 Å². The maximum atomic E-state index is 12.9. The molecule has 2 heteroatoms. The van der Waals surface area contributed by atoms with E-state index in [1.54, 1.807) is 5.20 Å². The maximum Gasteiger partial charge on any atom is 0.162 e. The molecule has 2 fully saturated rings. The van der Waals surface area contributed by atoms with E-state index >= 15 is 0 Å². The lowest BCUT2D eigenvalue weighted by Crippen LogP contribution is -2.36. The van der Waals surface area contributed by atoms with Crippen molar-refractivity contribution in [1.29, 1.82) is 0 Å². The molecule has 4 atom stereocenters. The molecule has 0 aromatic carbocycles. The fourth-order valence-corrected chi connectivity index (χ4v) is 8.46. The minimum Gasteiger partial charge on any atom is -0.294 e. The Morgan fingerprint density at radius 3 is 2.35 bits per heavy atom. The van der Waals surface area contributed by atoms with Crippen molar-refractivity contribution in [3.05, 3.63) is 22.9 Å². The zero-order valence-electron chi connectivity index (χ0n) is 13.8. The summed E-state index contributed by atoms with van der Waals surface area (Å²) in [7, 11) is -1.43. The van der Waals surface area contributed by atoms with Crippen LogP contribution in [0.25, 0.3) is 0 Å². The second-order valence-corrected chi connectivity index (χ2v) is 13.8. The first-order valence-corrected chi connectivity index (χ1v) is 11.5. The molecule has 0 aliphatic heterocycles. The zero-order valence-corrected chi connectivity index (χ0v) is 14.8. The van der Waals surface area contributed by atoms with Crippen molar-refractivity contribution in [2.75, 3.05) is 0 Å². The highest BCUT2D eigenvalue weighted by Crippen LogP contribution is 2.67. The molecule has 0 saturated heterocycles. The van der Waals surface area contributed by atoms with E-state index in [2.05, 4.69) is 47.0 Å². The van der Waals surface area contributed by atoms with Gasteiger partial charge in [-0.2, -0.15) is 0 Å². The molecule has 0 amide bonds. The van der Waals surface area contributed by atoms with Crippen LogP contribution in [-0.2, 0) is 4.79 Å². The Morgan fingerprint density at radius 2 is 1.80 bits per heavy atom. The first-order chi connectivity index (χ1) is 9.08. The van der Waals surface area contributed by atoms with Gasteiger partial charge in [0.05, 0.1) is 8.07 Å². The molecule has 2 bridgehead atoms. The molecule has 0 N–H and O–H groups in total. The van der Waals surface area contributed by atoms with Gasteiger partial charge in [0.2, 0.25) is 0 Å². The number of allylic oxidation sites excluding steroid dienone is 3. The zero-order chi connectivity index (χ0) is 15.0. The van der Waals surface area contributed by atoms with Gasteiger partial charge in [-0.25, -0.2) is 0 Å². The minimum atomic E-state index is -1.43. The van der Waals surface area contributed by atoms with Gasteiger partial charge in [0.25, 0.3) is 0 Å². The summed E-state index contributed by atoms with van der Waals surface area (Å²) in [6, 6.07) is 0. The Balaban J connectivity index is 2.18. The lowest BCUT2D eigenvalue weighted by molar-refractivity contribution is -0.120. The summed E-state index contributed by atoms with van der Waals surface area (Å²) in [5.74, 6) is 2.32. The second-order valence-electron chi connectivity index (χ2n) is 8.81. The van der Waals surface area contributed by atoms with E-state index in [-0.39, 0.29) is 11.3 Å². The Kier molecular flexibility index (Phi) is 2.84. The van der Waals surface area contributed by atoms with E-state index in [9.17, 15) is 4.79 Å². The standard InChI is InChI=1S/C18H28OSi/c1-10-8-9-12-13-14(15(10)18(12,3)4)16(19)11(2)17(13)20(5,6)7/h12-15H,1,8-9H2,2-7H3/t12-,13+,14+,15+/m0/s1. The van der Waals surface area contributed by atoms with E-state index in [0.29, 0.717) is 23.5 Å². The number of ketones is 1. The largest absolute Gasteiger partial charge is 0.294 e. The van der Waals surface area contributed by atoms with Crippen molar-refractivity contribution in [3.8, 4) is 0 Å². The molecule has 0 aromatic heterocycles. The first-order valence-electron chi connectivity index (χ1n) is 8.01. The number of fused-ring (bicyclic) bond motifs is 5. The van der Waals surface area contributed by atoms with Gasteiger partial charge in [0, 0.05) is 5.92 Å². The lowest BCUT2D eigenvalue weighted by atomic mass is 9.64. The fraction of sp³-hybridized carbons (Fsp3) is 0.722. The summed E-state index contributed by atoms with van der Waals surface area (Å²) in [6.45, 7) is 18.4. The van der Waals surface area contributed by atoms with Gasteiger partial charge < -0.3 is 0 Å². The van der Waals surface area contributed by atoms with Gasteiger partial charge in [-0.3, -0.25) is 4.79 Å². The molecule has 2 saturated carbocycles. The van der Waals surface area contributed by atoms with Crippen LogP contribution < -0.4 is 0 Å². The Bertz CT molecular complexity index is 532.